The SMILES string of the molecule is COC(=O)[C@@H]1OCC[C@@H]1C[Se]c1ccccc1. The minimum atomic E-state index is -0.342. The molecule has 1 saturated heterocycles. The van der Waals surface area contributed by atoms with Crippen LogP contribution in [0.3, 0.4) is 0 Å². The Bertz CT molecular complexity index is 366. The molecule has 0 spiro atoms. The number of rotatable bonds is 4. The van der Waals surface area contributed by atoms with Gasteiger partial charge in [-0.15, -0.1) is 0 Å². The summed E-state index contributed by atoms with van der Waals surface area (Å²) in [5.41, 5.74) is 0. The number of hydrogen-bond donors (Lipinski definition) is 0. The third-order valence-electron chi connectivity index (χ3n) is 2.85. The first-order valence-electron chi connectivity index (χ1n) is 5.68. The molecule has 92 valence electrons. The van der Waals surface area contributed by atoms with Gasteiger partial charge in [-0.25, -0.2) is 0 Å². The average molecular weight is 299 g/mol. The fraction of sp³-hybridized carbons (Fsp3) is 0.462. The van der Waals surface area contributed by atoms with Crippen LogP contribution in [0.25, 0.3) is 0 Å². The van der Waals surface area contributed by atoms with E-state index in [4.69, 9.17) is 9.47 Å². The second-order valence-corrected chi connectivity index (χ2v) is 6.28. The summed E-state index contributed by atoms with van der Waals surface area (Å²) >= 11 is 0.409. The summed E-state index contributed by atoms with van der Waals surface area (Å²) < 4.78 is 11.6. The quantitative estimate of drug-likeness (QED) is 0.615. The zero-order valence-electron chi connectivity index (χ0n) is 9.80. The maximum atomic E-state index is 11.5. The zero-order valence-corrected chi connectivity index (χ0v) is 11.5. The summed E-state index contributed by atoms with van der Waals surface area (Å²) in [5, 5.41) is 1.04. The fourth-order valence-corrected chi connectivity index (χ4v) is 4.20. The zero-order chi connectivity index (χ0) is 12.1. The van der Waals surface area contributed by atoms with Gasteiger partial charge in [0.2, 0.25) is 0 Å². The molecular weight excluding hydrogens is 283 g/mol. The molecule has 0 bridgehead atoms. The van der Waals surface area contributed by atoms with E-state index in [2.05, 4.69) is 24.3 Å². The van der Waals surface area contributed by atoms with Crippen molar-refractivity contribution in [2.45, 2.75) is 17.8 Å². The van der Waals surface area contributed by atoms with Crippen molar-refractivity contribution in [3.63, 3.8) is 0 Å². The van der Waals surface area contributed by atoms with Crippen molar-refractivity contribution in [1.29, 1.82) is 0 Å². The number of methoxy groups -OCH3 is 1. The van der Waals surface area contributed by atoms with Gasteiger partial charge >= 0.3 is 107 Å². The first-order chi connectivity index (χ1) is 8.31. The monoisotopic (exact) mass is 300 g/mol. The van der Waals surface area contributed by atoms with E-state index in [9.17, 15) is 4.79 Å². The predicted octanol–water partition coefficient (Wildman–Crippen LogP) is 1.01. The molecule has 2 rings (SSSR count). The average Bonchev–Trinajstić information content (AvgIpc) is 2.85. The van der Waals surface area contributed by atoms with Gasteiger partial charge in [-0.1, -0.05) is 0 Å². The van der Waals surface area contributed by atoms with E-state index in [0.29, 0.717) is 27.5 Å². The minimum absolute atomic E-state index is 0.226. The Morgan fingerprint density at radius 1 is 1.47 bits per heavy atom. The molecule has 0 aromatic heterocycles. The number of carbonyl (C=O) groups excluding carboxylic acids is 1. The van der Waals surface area contributed by atoms with Crippen LogP contribution in [0.15, 0.2) is 30.3 Å². The molecule has 0 radical (unpaired) electrons. The number of benzene rings is 1. The first kappa shape index (κ1) is 12.6. The number of carbonyl (C=O) groups is 1. The summed E-state index contributed by atoms with van der Waals surface area (Å²) in [4.78, 5) is 11.5. The second kappa shape index (κ2) is 6.20. The molecule has 4 heteroatoms. The molecule has 1 aromatic carbocycles. The molecule has 2 atom stereocenters. The Morgan fingerprint density at radius 2 is 2.24 bits per heavy atom. The van der Waals surface area contributed by atoms with E-state index in [1.54, 1.807) is 0 Å². The molecular formula is C13H16O3Se. The van der Waals surface area contributed by atoms with Crippen molar-refractivity contribution in [2.75, 3.05) is 13.7 Å². The van der Waals surface area contributed by atoms with Crippen LogP contribution < -0.4 is 4.46 Å². The van der Waals surface area contributed by atoms with Gasteiger partial charge in [0.1, 0.15) is 0 Å². The second-order valence-electron chi connectivity index (χ2n) is 3.99. The standard InChI is InChI=1S/C13H16O3Se/c1-15-13(14)12-10(7-8-16-12)9-17-11-5-3-2-4-6-11/h2-6,10,12H,7-9H2,1H3/t10-,12-/m1/s1. The van der Waals surface area contributed by atoms with Crippen molar-refractivity contribution in [3.8, 4) is 0 Å². The van der Waals surface area contributed by atoms with Crippen LogP contribution in [0, 0.1) is 5.92 Å². The van der Waals surface area contributed by atoms with Gasteiger partial charge in [0.25, 0.3) is 0 Å². The summed E-state index contributed by atoms with van der Waals surface area (Å²) in [6, 6.07) is 10.4. The Balaban J connectivity index is 1.88. The van der Waals surface area contributed by atoms with E-state index >= 15 is 0 Å². The topological polar surface area (TPSA) is 35.5 Å². The Labute approximate surface area is 108 Å². The van der Waals surface area contributed by atoms with Crippen LogP contribution in [0.5, 0.6) is 0 Å². The van der Waals surface area contributed by atoms with Gasteiger partial charge in [-0.05, 0) is 0 Å². The third-order valence-corrected chi connectivity index (χ3v) is 5.37. The van der Waals surface area contributed by atoms with E-state index in [-0.39, 0.29) is 12.1 Å². The van der Waals surface area contributed by atoms with Crippen molar-refractivity contribution < 1.29 is 14.3 Å². The van der Waals surface area contributed by atoms with Gasteiger partial charge in [0, 0.05) is 0 Å². The number of hydrogen-bond acceptors (Lipinski definition) is 3. The van der Waals surface area contributed by atoms with Crippen molar-refractivity contribution in [3.05, 3.63) is 30.3 Å². The van der Waals surface area contributed by atoms with E-state index in [1.165, 1.54) is 11.6 Å². The molecule has 0 saturated carbocycles. The van der Waals surface area contributed by atoms with Gasteiger partial charge in [-0.2, -0.15) is 0 Å². The van der Waals surface area contributed by atoms with E-state index < -0.39 is 0 Å². The molecule has 1 heterocycles. The van der Waals surface area contributed by atoms with Gasteiger partial charge in [0.05, 0.1) is 0 Å². The van der Waals surface area contributed by atoms with Gasteiger partial charge < -0.3 is 0 Å². The van der Waals surface area contributed by atoms with Crippen LogP contribution in [-0.2, 0) is 14.3 Å². The molecule has 0 amide bonds. The molecule has 0 aliphatic carbocycles. The first-order valence-corrected chi connectivity index (χ1v) is 7.75. The Hall–Kier alpha value is -0.831. The Morgan fingerprint density at radius 3 is 2.94 bits per heavy atom. The van der Waals surface area contributed by atoms with Gasteiger partial charge in [0.15, 0.2) is 0 Å². The molecule has 0 N–H and O–H groups in total. The van der Waals surface area contributed by atoms with Crippen molar-refractivity contribution in [2.24, 2.45) is 5.92 Å². The number of ether oxygens (including phenoxy) is 2. The van der Waals surface area contributed by atoms with Crippen LogP contribution in [0.2, 0.25) is 5.32 Å². The van der Waals surface area contributed by atoms with Crippen LogP contribution >= 0.6 is 0 Å². The molecule has 3 nitrogen and oxygen atoms in total. The predicted molar refractivity (Wildman–Crippen MR) is 66.5 cm³/mol. The normalized spacial score (nSPS) is 23.6. The summed E-state index contributed by atoms with van der Waals surface area (Å²) in [6.07, 6.45) is 0.625. The van der Waals surface area contributed by atoms with E-state index in [1.807, 2.05) is 6.07 Å². The van der Waals surface area contributed by atoms with Crippen molar-refractivity contribution in [1.82, 2.24) is 0 Å². The summed E-state index contributed by atoms with van der Waals surface area (Å²) in [7, 11) is 1.42. The van der Waals surface area contributed by atoms with Crippen molar-refractivity contribution >= 4 is 25.4 Å². The van der Waals surface area contributed by atoms with Crippen LogP contribution in [-0.4, -0.2) is 40.7 Å². The molecule has 1 aliphatic heterocycles. The van der Waals surface area contributed by atoms with Crippen LogP contribution in [0.4, 0.5) is 0 Å². The summed E-state index contributed by atoms with van der Waals surface area (Å²) in [5.74, 6) is 0.0963. The summed E-state index contributed by atoms with van der Waals surface area (Å²) in [6.45, 7) is 0.676. The molecule has 0 unspecified atom stereocenters. The fourth-order valence-electron chi connectivity index (χ4n) is 1.90. The van der Waals surface area contributed by atoms with E-state index in [0.717, 1.165) is 11.7 Å². The molecule has 1 fully saturated rings. The van der Waals surface area contributed by atoms with Crippen LogP contribution in [0.1, 0.15) is 6.42 Å². The molecule has 1 aliphatic rings. The van der Waals surface area contributed by atoms with Gasteiger partial charge in [-0.3, -0.25) is 0 Å². The Kier molecular flexibility index (Phi) is 4.60. The molecule has 17 heavy (non-hydrogen) atoms. The maximum absolute atomic E-state index is 11.5. The number of esters is 1. The molecule has 1 aromatic rings. The third kappa shape index (κ3) is 3.32.